The number of benzene rings is 2. The van der Waals surface area contributed by atoms with Crippen LogP contribution in [0.5, 0.6) is 17.2 Å². The first-order valence-electron chi connectivity index (χ1n) is 10.7. The molecule has 9 nitrogen and oxygen atoms in total. The number of sulfonamides is 1. The lowest BCUT2D eigenvalue weighted by Crippen LogP contribution is -2.37. The molecule has 0 aliphatic carbocycles. The molecule has 0 unspecified atom stereocenters. The molecule has 0 fully saturated rings. The second-order valence-electron chi connectivity index (χ2n) is 7.57. The number of ether oxygens (including phenoxy) is 3. The number of fused-ring (bicyclic) bond motifs is 1. The molecule has 178 valence electrons. The molecular weight excluding hydrogens is 458 g/mol. The minimum atomic E-state index is -3.99. The van der Waals surface area contributed by atoms with Crippen LogP contribution in [0.3, 0.4) is 0 Å². The molecule has 34 heavy (non-hydrogen) atoms. The molecule has 1 aliphatic rings. The summed E-state index contributed by atoms with van der Waals surface area (Å²) in [6, 6.07) is 15.1. The van der Waals surface area contributed by atoms with E-state index in [0.717, 1.165) is 10.7 Å². The van der Waals surface area contributed by atoms with Crippen LogP contribution in [-0.4, -0.2) is 50.5 Å². The molecule has 4 rings (SSSR count). The van der Waals surface area contributed by atoms with Crippen molar-refractivity contribution in [1.82, 2.24) is 9.29 Å². The van der Waals surface area contributed by atoms with Crippen molar-refractivity contribution < 1.29 is 27.4 Å². The molecular formula is C24H25N3O6S. The summed E-state index contributed by atoms with van der Waals surface area (Å²) in [5.41, 5.74) is 1.19. The van der Waals surface area contributed by atoms with E-state index in [0.29, 0.717) is 41.7 Å². The first kappa shape index (κ1) is 23.5. The van der Waals surface area contributed by atoms with Gasteiger partial charge >= 0.3 is 0 Å². The van der Waals surface area contributed by atoms with Gasteiger partial charge in [-0.1, -0.05) is 12.1 Å². The van der Waals surface area contributed by atoms with Gasteiger partial charge in [0.15, 0.2) is 11.5 Å². The van der Waals surface area contributed by atoms with Crippen LogP contribution in [-0.2, 0) is 21.4 Å². The molecule has 2 heterocycles. The van der Waals surface area contributed by atoms with Gasteiger partial charge in [0.25, 0.3) is 0 Å². The van der Waals surface area contributed by atoms with E-state index in [-0.39, 0.29) is 11.4 Å². The molecule has 10 heteroatoms. The van der Waals surface area contributed by atoms with Crippen molar-refractivity contribution in [3.63, 3.8) is 0 Å². The maximum atomic E-state index is 13.3. The summed E-state index contributed by atoms with van der Waals surface area (Å²) in [5, 5.41) is 2.75. The number of carbonyl (C=O) groups excluding carboxylic acids is 1. The Balaban J connectivity index is 1.54. The number of aromatic nitrogens is 1. The van der Waals surface area contributed by atoms with Crippen molar-refractivity contribution in [2.24, 2.45) is 0 Å². The summed E-state index contributed by atoms with van der Waals surface area (Å²) in [5.74, 6) is 1.30. The first-order valence-corrected chi connectivity index (χ1v) is 12.1. The summed E-state index contributed by atoms with van der Waals surface area (Å²) < 4.78 is 44.2. The highest BCUT2D eigenvalue weighted by atomic mass is 32.2. The van der Waals surface area contributed by atoms with Crippen molar-refractivity contribution in [1.29, 1.82) is 0 Å². The first-order chi connectivity index (χ1) is 16.5. The van der Waals surface area contributed by atoms with Crippen LogP contribution in [0.1, 0.15) is 12.0 Å². The van der Waals surface area contributed by atoms with Crippen LogP contribution in [0.4, 0.5) is 5.69 Å². The molecule has 1 N–H and O–H groups in total. The van der Waals surface area contributed by atoms with Crippen LogP contribution in [0.2, 0.25) is 0 Å². The van der Waals surface area contributed by atoms with Gasteiger partial charge in [-0.3, -0.25) is 9.78 Å². The van der Waals surface area contributed by atoms with E-state index in [1.54, 1.807) is 49.6 Å². The quantitative estimate of drug-likeness (QED) is 0.525. The number of hydrogen-bond acceptors (Lipinski definition) is 7. The van der Waals surface area contributed by atoms with E-state index in [9.17, 15) is 13.2 Å². The minimum Gasteiger partial charge on any atom is -0.497 e. The van der Waals surface area contributed by atoms with Crippen LogP contribution >= 0.6 is 0 Å². The average molecular weight is 484 g/mol. The molecule has 0 spiro atoms. The fourth-order valence-corrected chi connectivity index (χ4v) is 4.76. The summed E-state index contributed by atoms with van der Waals surface area (Å²) in [4.78, 5) is 16.8. The maximum absolute atomic E-state index is 13.3. The molecule has 2 aromatic carbocycles. The van der Waals surface area contributed by atoms with Crippen molar-refractivity contribution in [2.45, 2.75) is 17.9 Å². The van der Waals surface area contributed by atoms with E-state index >= 15 is 0 Å². The summed E-state index contributed by atoms with van der Waals surface area (Å²) in [6.07, 6.45) is 3.52. The van der Waals surface area contributed by atoms with Gasteiger partial charge in [0.1, 0.15) is 10.6 Å². The van der Waals surface area contributed by atoms with E-state index in [1.165, 1.54) is 24.5 Å². The molecule has 0 saturated carbocycles. The molecule has 0 bridgehead atoms. The molecule has 1 aliphatic heterocycles. The van der Waals surface area contributed by atoms with E-state index in [1.807, 2.05) is 0 Å². The van der Waals surface area contributed by atoms with Crippen molar-refractivity contribution in [3.8, 4) is 17.2 Å². The zero-order valence-corrected chi connectivity index (χ0v) is 19.5. The molecule has 0 radical (unpaired) electrons. The normalized spacial score (nSPS) is 13.2. The van der Waals surface area contributed by atoms with Gasteiger partial charge in [-0.15, -0.1) is 0 Å². The average Bonchev–Trinajstić information content (AvgIpc) is 3.09. The lowest BCUT2D eigenvalue weighted by atomic mass is 10.2. The third-order valence-electron chi connectivity index (χ3n) is 5.14. The Morgan fingerprint density at radius 2 is 1.85 bits per heavy atom. The smallest absolute Gasteiger partial charge is 0.245 e. The van der Waals surface area contributed by atoms with E-state index in [4.69, 9.17) is 14.2 Å². The Bertz CT molecular complexity index is 1230. The number of methoxy groups -OCH3 is 1. The van der Waals surface area contributed by atoms with Gasteiger partial charge in [-0.05, 0) is 42.0 Å². The zero-order valence-electron chi connectivity index (χ0n) is 18.6. The van der Waals surface area contributed by atoms with Crippen LogP contribution in [0.15, 0.2) is 71.9 Å². The second-order valence-corrected chi connectivity index (χ2v) is 9.51. The van der Waals surface area contributed by atoms with Crippen LogP contribution < -0.4 is 19.5 Å². The van der Waals surface area contributed by atoms with Crippen LogP contribution in [0.25, 0.3) is 0 Å². The zero-order chi connectivity index (χ0) is 24.0. The van der Waals surface area contributed by atoms with Gasteiger partial charge in [0, 0.05) is 37.1 Å². The highest BCUT2D eigenvalue weighted by molar-refractivity contribution is 7.89. The number of anilines is 1. The second kappa shape index (κ2) is 10.5. The van der Waals surface area contributed by atoms with E-state index < -0.39 is 22.5 Å². The largest absolute Gasteiger partial charge is 0.497 e. The number of rotatable bonds is 8. The molecule has 1 aromatic heterocycles. The fraction of sp³-hybridized carbons (Fsp3) is 0.250. The van der Waals surface area contributed by atoms with Gasteiger partial charge in [0.05, 0.1) is 26.9 Å². The number of amides is 1. The highest BCUT2D eigenvalue weighted by Gasteiger charge is 2.27. The van der Waals surface area contributed by atoms with Crippen molar-refractivity contribution >= 4 is 21.6 Å². The lowest BCUT2D eigenvalue weighted by Gasteiger charge is -2.22. The summed E-state index contributed by atoms with van der Waals surface area (Å²) in [6.45, 7) is 0.683. The monoisotopic (exact) mass is 483 g/mol. The minimum absolute atomic E-state index is 0.00419. The standard InChI is InChI=1S/C24H25N3O6S/c1-31-20-8-5-18(6-9-20)16-27(34(29,30)21-4-2-11-25-15-21)17-24(28)26-19-7-10-22-23(14-19)33-13-3-12-32-22/h2,4-11,14-15H,3,12-13,16-17H2,1H3,(H,26,28). The van der Waals surface area contributed by atoms with Crippen LogP contribution in [0, 0.1) is 0 Å². The fourth-order valence-electron chi connectivity index (χ4n) is 3.41. The van der Waals surface area contributed by atoms with Crippen molar-refractivity contribution in [3.05, 3.63) is 72.6 Å². The third-order valence-corrected chi connectivity index (χ3v) is 6.92. The van der Waals surface area contributed by atoms with Crippen molar-refractivity contribution in [2.75, 3.05) is 32.2 Å². The van der Waals surface area contributed by atoms with Gasteiger partial charge < -0.3 is 19.5 Å². The van der Waals surface area contributed by atoms with Gasteiger partial charge in [-0.25, -0.2) is 8.42 Å². The third kappa shape index (κ3) is 5.64. The predicted molar refractivity (Wildman–Crippen MR) is 126 cm³/mol. The Labute approximate surface area is 198 Å². The molecule has 0 saturated heterocycles. The molecule has 0 atom stereocenters. The predicted octanol–water partition coefficient (Wildman–Crippen LogP) is 3.08. The maximum Gasteiger partial charge on any atom is 0.245 e. The molecule has 1 amide bonds. The summed E-state index contributed by atoms with van der Waals surface area (Å²) >= 11 is 0. The molecule has 3 aromatic rings. The van der Waals surface area contributed by atoms with E-state index in [2.05, 4.69) is 10.3 Å². The Hall–Kier alpha value is -3.63. The Kier molecular flexibility index (Phi) is 7.29. The number of carbonyl (C=O) groups is 1. The SMILES string of the molecule is COc1ccc(CN(CC(=O)Nc2ccc3c(c2)OCCCO3)S(=O)(=O)c2cccnc2)cc1. The topological polar surface area (TPSA) is 107 Å². The Morgan fingerprint density at radius 1 is 1.09 bits per heavy atom. The summed E-state index contributed by atoms with van der Waals surface area (Å²) in [7, 11) is -2.43. The number of nitrogens with zero attached hydrogens (tertiary/aromatic N) is 2. The number of nitrogens with one attached hydrogen (secondary N) is 1. The van der Waals surface area contributed by atoms with Gasteiger partial charge in [0.2, 0.25) is 15.9 Å². The highest BCUT2D eigenvalue weighted by Crippen LogP contribution is 2.32. The lowest BCUT2D eigenvalue weighted by molar-refractivity contribution is -0.116. The Morgan fingerprint density at radius 3 is 2.56 bits per heavy atom. The van der Waals surface area contributed by atoms with Gasteiger partial charge in [-0.2, -0.15) is 4.31 Å². The number of hydrogen-bond donors (Lipinski definition) is 1. The number of pyridine rings is 1.